The summed E-state index contributed by atoms with van der Waals surface area (Å²) in [4.78, 5) is 23.1. The van der Waals surface area contributed by atoms with Crippen LogP contribution in [0.1, 0.15) is 12.8 Å². The third-order valence-electron chi connectivity index (χ3n) is 4.09. The molecule has 0 unspecified atom stereocenters. The van der Waals surface area contributed by atoms with E-state index in [0.717, 1.165) is 27.4 Å². The number of imide groups is 1. The van der Waals surface area contributed by atoms with Gasteiger partial charge >= 0.3 is 6.09 Å². The van der Waals surface area contributed by atoms with E-state index in [1.54, 1.807) is 0 Å². The van der Waals surface area contributed by atoms with E-state index in [1.807, 2.05) is 0 Å². The maximum atomic E-state index is 13.8. The maximum absolute atomic E-state index is 13.8. The molecular formula is C14H14F2N2O5S. The van der Waals surface area contributed by atoms with Crippen LogP contribution in [0.2, 0.25) is 0 Å². The highest BCUT2D eigenvalue weighted by atomic mass is 32.2. The molecule has 0 aromatic heterocycles. The number of cyclic esters (lactones) is 1. The van der Waals surface area contributed by atoms with E-state index in [0.29, 0.717) is 0 Å². The number of nitrogens with zero attached hydrogens (tertiary/aromatic N) is 2. The molecule has 0 atom stereocenters. The van der Waals surface area contributed by atoms with Crippen molar-refractivity contribution < 1.29 is 31.5 Å². The molecule has 24 heavy (non-hydrogen) atoms. The normalized spacial score (nSPS) is 20.5. The van der Waals surface area contributed by atoms with Gasteiger partial charge in [-0.15, -0.1) is 0 Å². The fraction of sp³-hybridized carbons (Fsp3) is 0.429. The summed E-state index contributed by atoms with van der Waals surface area (Å²) in [5, 5.41) is 0. The molecule has 0 N–H and O–H groups in total. The second-order valence-electron chi connectivity index (χ2n) is 5.50. The third-order valence-corrected chi connectivity index (χ3v) is 6.04. The Balaban J connectivity index is 1.77. The number of hydrogen-bond donors (Lipinski definition) is 0. The fourth-order valence-corrected chi connectivity index (χ4v) is 4.49. The Morgan fingerprint density at radius 2 is 1.67 bits per heavy atom. The predicted molar refractivity (Wildman–Crippen MR) is 76.3 cm³/mol. The number of halogens is 2. The number of ether oxygens (including phenoxy) is 1. The standard InChI is InChI=1S/C14H14F2N2O5S/c15-10-2-1-3-11(16)13(10)24(21,22)17-6-4-9(5-7-17)18-12(19)8-23-14(18)20/h1-3,9H,4-8H2. The molecule has 7 nitrogen and oxygen atoms in total. The molecule has 2 amide bonds. The van der Waals surface area contributed by atoms with E-state index in [1.165, 1.54) is 0 Å². The monoisotopic (exact) mass is 360 g/mol. The van der Waals surface area contributed by atoms with Gasteiger partial charge in [-0.3, -0.25) is 4.79 Å². The van der Waals surface area contributed by atoms with Crippen LogP contribution in [0.5, 0.6) is 0 Å². The molecule has 1 aromatic rings. The molecule has 2 fully saturated rings. The van der Waals surface area contributed by atoms with Crippen molar-refractivity contribution in [1.82, 2.24) is 9.21 Å². The predicted octanol–water partition coefficient (Wildman–Crippen LogP) is 1.10. The molecule has 1 aromatic carbocycles. The largest absolute Gasteiger partial charge is 0.439 e. The molecule has 2 aliphatic rings. The Labute approximate surface area is 136 Å². The van der Waals surface area contributed by atoms with Crippen molar-refractivity contribution in [3.63, 3.8) is 0 Å². The minimum absolute atomic E-state index is 0.0577. The van der Waals surface area contributed by atoms with Crippen LogP contribution in [0, 0.1) is 11.6 Å². The smallest absolute Gasteiger partial charge is 0.417 e. The lowest BCUT2D eigenvalue weighted by Gasteiger charge is -2.34. The van der Waals surface area contributed by atoms with Crippen LogP contribution in [0.4, 0.5) is 13.6 Å². The van der Waals surface area contributed by atoms with Gasteiger partial charge in [-0.05, 0) is 25.0 Å². The number of sulfonamides is 1. The van der Waals surface area contributed by atoms with Gasteiger partial charge in [0.05, 0.1) is 0 Å². The second kappa shape index (κ2) is 6.10. The zero-order chi connectivity index (χ0) is 17.5. The highest BCUT2D eigenvalue weighted by molar-refractivity contribution is 7.89. The summed E-state index contributed by atoms with van der Waals surface area (Å²) in [5.41, 5.74) is 0. The first-order valence-electron chi connectivity index (χ1n) is 7.25. The van der Waals surface area contributed by atoms with Crippen molar-refractivity contribution in [2.75, 3.05) is 19.7 Å². The highest BCUT2D eigenvalue weighted by Crippen LogP contribution is 2.27. The van der Waals surface area contributed by atoms with Crippen LogP contribution >= 0.6 is 0 Å². The molecule has 2 heterocycles. The van der Waals surface area contributed by atoms with E-state index in [2.05, 4.69) is 4.74 Å². The lowest BCUT2D eigenvalue weighted by Crippen LogP contribution is -2.48. The number of amides is 2. The lowest BCUT2D eigenvalue weighted by molar-refractivity contribution is -0.127. The number of carbonyl (C=O) groups excluding carboxylic acids is 2. The number of rotatable bonds is 3. The summed E-state index contributed by atoms with van der Waals surface area (Å²) in [7, 11) is -4.33. The zero-order valence-electron chi connectivity index (χ0n) is 12.4. The molecule has 130 valence electrons. The van der Waals surface area contributed by atoms with Crippen molar-refractivity contribution in [2.24, 2.45) is 0 Å². The van der Waals surface area contributed by atoms with Crippen molar-refractivity contribution in [3.05, 3.63) is 29.8 Å². The molecule has 0 spiro atoms. The maximum Gasteiger partial charge on any atom is 0.417 e. The Morgan fingerprint density at radius 3 is 2.17 bits per heavy atom. The summed E-state index contributed by atoms with van der Waals surface area (Å²) in [6, 6.07) is 2.36. The van der Waals surface area contributed by atoms with Crippen LogP contribution in [0.3, 0.4) is 0 Å². The zero-order valence-corrected chi connectivity index (χ0v) is 13.3. The molecule has 0 aliphatic carbocycles. The van der Waals surface area contributed by atoms with Crippen LogP contribution in [0.15, 0.2) is 23.1 Å². The third kappa shape index (κ3) is 2.75. The van der Waals surface area contributed by atoms with Gasteiger partial charge in [0.1, 0.15) is 11.6 Å². The number of hydrogen-bond acceptors (Lipinski definition) is 5. The number of carbonyl (C=O) groups is 2. The first kappa shape index (κ1) is 16.8. The average molecular weight is 360 g/mol. The van der Waals surface area contributed by atoms with E-state index in [-0.39, 0.29) is 32.5 Å². The van der Waals surface area contributed by atoms with Gasteiger partial charge < -0.3 is 4.74 Å². The Kier molecular flexibility index (Phi) is 4.26. The molecule has 2 aliphatic heterocycles. The Hall–Kier alpha value is -2.07. The summed E-state index contributed by atoms with van der Waals surface area (Å²) in [6.07, 6.45) is -0.395. The Morgan fingerprint density at radius 1 is 1.08 bits per heavy atom. The average Bonchev–Trinajstić information content (AvgIpc) is 2.86. The van der Waals surface area contributed by atoms with Crippen molar-refractivity contribution in [1.29, 1.82) is 0 Å². The van der Waals surface area contributed by atoms with Crippen LogP contribution in [-0.2, 0) is 19.6 Å². The van der Waals surface area contributed by atoms with Gasteiger partial charge in [0.15, 0.2) is 11.5 Å². The van der Waals surface area contributed by atoms with E-state index in [9.17, 15) is 26.8 Å². The number of benzene rings is 1. The Bertz CT molecular complexity index is 754. The van der Waals surface area contributed by atoms with Crippen LogP contribution in [0.25, 0.3) is 0 Å². The molecule has 0 saturated carbocycles. The van der Waals surface area contributed by atoms with Crippen LogP contribution in [-0.4, -0.2) is 55.4 Å². The molecular weight excluding hydrogens is 346 g/mol. The topological polar surface area (TPSA) is 84.0 Å². The fourth-order valence-electron chi connectivity index (χ4n) is 2.92. The highest BCUT2D eigenvalue weighted by Gasteiger charge is 2.41. The van der Waals surface area contributed by atoms with Gasteiger partial charge in [-0.25, -0.2) is 26.9 Å². The molecule has 10 heteroatoms. The SMILES string of the molecule is O=C1COC(=O)N1C1CCN(S(=O)(=O)c2c(F)cccc2F)CC1. The first-order valence-corrected chi connectivity index (χ1v) is 8.69. The molecule has 0 radical (unpaired) electrons. The summed E-state index contributed by atoms with van der Waals surface area (Å²) >= 11 is 0. The van der Waals surface area contributed by atoms with E-state index < -0.39 is 44.6 Å². The second-order valence-corrected chi connectivity index (χ2v) is 7.38. The van der Waals surface area contributed by atoms with Gasteiger partial charge in [0.2, 0.25) is 10.0 Å². The minimum Gasteiger partial charge on any atom is -0.439 e. The first-order chi connectivity index (χ1) is 11.3. The van der Waals surface area contributed by atoms with Crippen molar-refractivity contribution in [2.45, 2.75) is 23.8 Å². The van der Waals surface area contributed by atoms with E-state index in [4.69, 9.17) is 0 Å². The van der Waals surface area contributed by atoms with Crippen molar-refractivity contribution >= 4 is 22.0 Å². The lowest BCUT2D eigenvalue weighted by atomic mass is 10.1. The number of piperidine rings is 1. The molecule has 2 saturated heterocycles. The van der Waals surface area contributed by atoms with Crippen LogP contribution < -0.4 is 0 Å². The molecule has 0 bridgehead atoms. The van der Waals surface area contributed by atoms with Gasteiger partial charge in [0, 0.05) is 19.1 Å². The summed E-state index contributed by atoms with van der Waals surface area (Å²) < 4.78 is 58.0. The quantitative estimate of drug-likeness (QED) is 0.806. The van der Waals surface area contributed by atoms with E-state index >= 15 is 0 Å². The van der Waals surface area contributed by atoms with Gasteiger partial charge in [0.25, 0.3) is 5.91 Å². The van der Waals surface area contributed by atoms with Gasteiger partial charge in [-0.1, -0.05) is 6.07 Å². The summed E-state index contributed by atoms with van der Waals surface area (Å²) in [6.45, 7) is -0.437. The molecule has 3 rings (SSSR count). The van der Waals surface area contributed by atoms with Crippen molar-refractivity contribution in [3.8, 4) is 0 Å². The van der Waals surface area contributed by atoms with Gasteiger partial charge in [-0.2, -0.15) is 4.31 Å². The minimum atomic E-state index is -4.33. The summed E-state index contributed by atoms with van der Waals surface area (Å²) in [5.74, 6) is -2.78.